The predicted octanol–water partition coefficient (Wildman–Crippen LogP) is 1.55. The molecular weight excluding hydrogens is 232 g/mol. The summed E-state index contributed by atoms with van der Waals surface area (Å²) in [5.74, 6) is 0.227. The number of carbonyl (C=O) groups excluding carboxylic acids is 2. The number of benzene rings is 1. The molecule has 0 fully saturated rings. The topological polar surface area (TPSA) is 67.4 Å². The molecule has 1 aliphatic rings. The van der Waals surface area contributed by atoms with Gasteiger partial charge in [-0.2, -0.15) is 0 Å². The Balaban J connectivity index is 2.19. The molecule has 2 rings (SSSR count). The van der Waals surface area contributed by atoms with Gasteiger partial charge in [0.15, 0.2) is 6.10 Å². The van der Waals surface area contributed by atoms with E-state index in [1.54, 1.807) is 25.1 Å². The molecule has 0 aromatic heterocycles. The van der Waals surface area contributed by atoms with Crippen LogP contribution in [0.2, 0.25) is 0 Å². The van der Waals surface area contributed by atoms with Gasteiger partial charge in [-0.3, -0.25) is 9.59 Å². The van der Waals surface area contributed by atoms with Crippen LogP contribution in [0.4, 0.5) is 5.69 Å². The van der Waals surface area contributed by atoms with Gasteiger partial charge in [-0.25, -0.2) is 0 Å². The summed E-state index contributed by atoms with van der Waals surface area (Å²) in [6.07, 6.45) is 0.353. The molecule has 1 aromatic carbocycles. The predicted molar refractivity (Wildman–Crippen MR) is 67.8 cm³/mol. The molecule has 0 saturated heterocycles. The van der Waals surface area contributed by atoms with Crippen molar-refractivity contribution >= 4 is 17.5 Å². The Hall–Kier alpha value is -2.04. The zero-order valence-electron chi connectivity index (χ0n) is 10.4. The molecule has 18 heavy (non-hydrogen) atoms. The first-order valence-corrected chi connectivity index (χ1v) is 6.01. The smallest absolute Gasteiger partial charge is 0.265 e. The Kier molecular flexibility index (Phi) is 3.50. The van der Waals surface area contributed by atoms with Crippen molar-refractivity contribution < 1.29 is 14.3 Å². The summed E-state index contributed by atoms with van der Waals surface area (Å²) in [4.78, 5) is 23.2. The van der Waals surface area contributed by atoms with Crippen molar-refractivity contribution in [3.05, 3.63) is 23.8 Å². The van der Waals surface area contributed by atoms with Crippen LogP contribution in [0.5, 0.6) is 5.75 Å². The average molecular weight is 248 g/mol. The first-order chi connectivity index (χ1) is 8.61. The molecule has 96 valence electrons. The van der Waals surface area contributed by atoms with E-state index in [9.17, 15) is 9.59 Å². The molecule has 1 heterocycles. The Bertz CT molecular complexity index is 485. The highest BCUT2D eigenvalue weighted by atomic mass is 16.5. The van der Waals surface area contributed by atoms with E-state index in [-0.39, 0.29) is 11.8 Å². The van der Waals surface area contributed by atoms with E-state index in [0.29, 0.717) is 23.5 Å². The third-order valence-electron chi connectivity index (χ3n) is 2.71. The van der Waals surface area contributed by atoms with E-state index in [2.05, 4.69) is 10.6 Å². The lowest BCUT2D eigenvalue weighted by molar-refractivity contribution is -0.122. The van der Waals surface area contributed by atoms with Crippen molar-refractivity contribution in [2.45, 2.75) is 26.4 Å². The summed E-state index contributed by atoms with van der Waals surface area (Å²) in [7, 11) is 0. The summed E-state index contributed by atoms with van der Waals surface area (Å²) < 4.78 is 5.45. The van der Waals surface area contributed by atoms with E-state index in [4.69, 9.17) is 4.74 Å². The molecule has 1 atom stereocenters. The number of carbonyl (C=O) groups is 2. The number of hydrogen-bond acceptors (Lipinski definition) is 3. The average Bonchev–Trinajstić information content (AvgIpc) is 2.36. The van der Waals surface area contributed by atoms with E-state index in [1.807, 2.05) is 6.92 Å². The summed E-state index contributed by atoms with van der Waals surface area (Å²) in [6.45, 7) is 4.31. The van der Waals surface area contributed by atoms with Crippen LogP contribution < -0.4 is 15.4 Å². The van der Waals surface area contributed by atoms with Crippen LogP contribution in [0.3, 0.4) is 0 Å². The molecule has 0 bridgehead atoms. The number of hydrogen-bond donors (Lipinski definition) is 2. The van der Waals surface area contributed by atoms with Gasteiger partial charge >= 0.3 is 0 Å². The van der Waals surface area contributed by atoms with Gasteiger partial charge in [0, 0.05) is 12.1 Å². The fourth-order valence-corrected chi connectivity index (χ4v) is 1.68. The highest BCUT2D eigenvalue weighted by molar-refractivity contribution is 6.00. The molecule has 5 heteroatoms. The van der Waals surface area contributed by atoms with Crippen molar-refractivity contribution in [1.29, 1.82) is 0 Å². The van der Waals surface area contributed by atoms with Gasteiger partial charge in [-0.15, -0.1) is 0 Å². The Morgan fingerprint density at radius 1 is 1.50 bits per heavy atom. The molecule has 2 N–H and O–H groups in total. The number of amides is 2. The van der Waals surface area contributed by atoms with Gasteiger partial charge in [-0.1, -0.05) is 6.92 Å². The van der Waals surface area contributed by atoms with E-state index >= 15 is 0 Å². The van der Waals surface area contributed by atoms with Gasteiger partial charge in [0.25, 0.3) is 11.8 Å². The maximum absolute atomic E-state index is 11.8. The second-order valence-corrected chi connectivity index (χ2v) is 4.22. The van der Waals surface area contributed by atoms with Gasteiger partial charge in [-0.05, 0) is 31.5 Å². The van der Waals surface area contributed by atoms with Crippen molar-refractivity contribution in [3.63, 3.8) is 0 Å². The minimum atomic E-state index is -0.536. The zero-order valence-corrected chi connectivity index (χ0v) is 10.4. The Morgan fingerprint density at radius 3 is 3.00 bits per heavy atom. The lowest BCUT2D eigenvalue weighted by atomic mass is 10.1. The zero-order chi connectivity index (χ0) is 13.1. The quantitative estimate of drug-likeness (QED) is 0.852. The third-order valence-corrected chi connectivity index (χ3v) is 2.71. The fourth-order valence-electron chi connectivity index (χ4n) is 1.68. The number of ether oxygens (including phenoxy) is 1. The summed E-state index contributed by atoms with van der Waals surface area (Å²) in [6, 6.07) is 5.00. The fraction of sp³-hybridized carbons (Fsp3) is 0.385. The van der Waals surface area contributed by atoms with Crippen LogP contribution in [0.1, 0.15) is 30.6 Å². The molecule has 0 saturated carbocycles. The third kappa shape index (κ3) is 2.45. The van der Waals surface area contributed by atoms with Gasteiger partial charge in [0.1, 0.15) is 5.75 Å². The SMILES string of the molecule is CCCNC(=O)c1ccc2c(c1)OC(C)C(=O)N2. The summed E-state index contributed by atoms with van der Waals surface area (Å²) >= 11 is 0. The second kappa shape index (κ2) is 5.08. The minimum absolute atomic E-state index is 0.132. The monoisotopic (exact) mass is 248 g/mol. The second-order valence-electron chi connectivity index (χ2n) is 4.22. The van der Waals surface area contributed by atoms with Crippen molar-refractivity contribution in [2.24, 2.45) is 0 Å². The van der Waals surface area contributed by atoms with Crippen LogP contribution in [-0.2, 0) is 4.79 Å². The summed E-state index contributed by atoms with van der Waals surface area (Å²) in [5.41, 5.74) is 1.13. The maximum Gasteiger partial charge on any atom is 0.265 e. The van der Waals surface area contributed by atoms with Crippen molar-refractivity contribution in [1.82, 2.24) is 5.32 Å². The molecule has 1 aromatic rings. The van der Waals surface area contributed by atoms with Crippen molar-refractivity contribution in [2.75, 3.05) is 11.9 Å². The van der Waals surface area contributed by atoms with Crippen LogP contribution in [-0.4, -0.2) is 24.5 Å². The number of anilines is 1. The Labute approximate surface area is 106 Å². The highest BCUT2D eigenvalue weighted by Crippen LogP contribution is 2.30. The molecule has 1 unspecified atom stereocenters. The van der Waals surface area contributed by atoms with Crippen LogP contribution >= 0.6 is 0 Å². The largest absolute Gasteiger partial charge is 0.479 e. The summed E-state index contributed by atoms with van der Waals surface area (Å²) in [5, 5.41) is 5.52. The first-order valence-electron chi connectivity index (χ1n) is 6.01. The molecule has 5 nitrogen and oxygen atoms in total. The van der Waals surface area contributed by atoms with Gasteiger partial charge in [0.05, 0.1) is 5.69 Å². The number of nitrogens with one attached hydrogen (secondary N) is 2. The molecular formula is C13H16N2O3. The maximum atomic E-state index is 11.8. The normalized spacial score (nSPS) is 17.4. The molecule has 0 aliphatic carbocycles. The van der Waals surface area contributed by atoms with Gasteiger partial charge in [0.2, 0.25) is 0 Å². The van der Waals surface area contributed by atoms with Crippen molar-refractivity contribution in [3.8, 4) is 5.75 Å². The Morgan fingerprint density at radius 2 is 2.28 bits per heavy atom. The lowest BCUT2D eigenvalue weighted by Crippen LogP contribution is -2.34. The van der Waals surface area contributed by atoms with Crippen LogP contribution in [0.15, 0.2) is 18.2 Å². The molecule has 0 spiro atoms. The molecule has 2 amide bonds. The highest BCUT2D eigenvalue weighted by Gasteiger charge is 2.24. The van der Waals surface area contributed by atoms with E-state index in [0.717, 1.165) is 6.42 Å². The van der Waals surface area contributed by atoms with Gasteiger partial charge < -0.3 is 15.4 Å². The molecule has 1 aliphatic heterocycles. The minimum Gasteiger partial charge on any atom is -0.479 e. The lowest BCUT2D eigenvalue weighted by Gasteiger charge is -2.23. The molecule has 0 radical (unpaired) electrons. The number of rotatable bonds is 3. The first kappa shape index (κ1) is 12.4. The van der Waals surface area contributed by atoms with E-state index in [1.165, 1.54) is 0 Å². The van der Waals surface area contributed by atoms with E-state index < -0.39 is 6.10 Å². The number of fused-ring (bicyclic) bond motifs is 1. The standard InChI is InChI=1S/C13H16N2O3/c1-3-6-14-13(17)9-4-5-10-11(7-9)18-8(2)12(16)15-10/h4-5,7-8H,3,6H2,1-2H3,(H,14,17)(H,15,16). The van der Waals surface area contributed by atoms with Crippen LogP contribution in [0.25, 0.3) is 0 Å². The van der Waals surface area contributed by atoms with Crippen LogP contribution in [0, 0.1) is 0 Å².